The molecule has 4 N–H and O–H groups in total. The first-order valence-corrected chi connectivity index (χ1v) is 13.9. The topological polar surface area (TPSA) is 128 Å². The first kappa shape index (κ1) is 28.0. The molecule has 1 aliphatic carbocycles. The summed E-state index contributed by atoms with van der Waals surface area (Å²) < 4.78 is 0. The van der Waals surface area contributed by atoms with E-state index in [1.807, 2.05) is 73.7 Å². The van der Waals surface area contributed by atoms with Gasteiger partial charge in [-0.2, -0.15) is 0 Å². The zero-order chi connectivity index (χ0) is 28.6. The summed E-state index contributed by atoms with van der Waals surface area (Å²) in [5, 5.41) is 10.6. The molecule has 3 aromatic heterocycles. The largest absolute Gasteiger partial charge is 0.353 e. The Morgan fingerprint density at radius 2 is 1.80 bits per heavy atom. The maximum absolute atomic E-state index is 12.8. The molecule has 3 heterocycles. The van der Waals surface area contributed by atoms with E-state index in [4.69, 9.17) is 0 Å². The summed E-state index contributed by atoms with van der Waals surface area (Å²) in [5.41, 5.74) is 4.26. The van der Waals surface area contributed by atoms with Gasteiger partial charge in [-0.3, -0.25) is 9.59 Å². The van der Waals surface area contributed by atoms with E-state index in [9.17, 15) is 9.59 Å². The number of H-pyrrole nitrogens is 1. The van der Waals surface area contributed by atoms with Crippen molar-refractivity contribution in [2.24, 2.45) is 0 Å². The highest BCUT2D eigenvalue weighted by atomic mass is 16.2. The molecular weight excluding hydrogens is 516 g/mol. The minimum atomic E-state index is -0.0544. The van der Waals surface area contributed by atoms with Crippen LogP contribution in [-0.4, -0.2) is 69.4 Å². The molecule has 0 atom stereocenters. The van der Waals surface area contributed by atoms with Gasteiger partial charge in [0, 0.05) is 59.8 Å². The molecule has 1 fully saturated rings. The van der Waals surface area contributed by atoms with Gasteiger partial charge in [0.1, 0.15) is 17.8 Å². The van der Waals surface area contributed by atoms with Crippen LogP contribution in [0.2, 0.25) is 0 Å². The molecule has 1 aromatic carbocycles. The second-order valence-electron chi connectivity index (χ2n) is 10.7. The number of fused-ring (bicyclic) bond motifs is 1. The van der Waals surface area contributed by atoms with E-state index in [0.717, 1.165) is 65.8 Å². The number of nitrogens with zero attached hydrogens (tertiary/aromatic N) is 4. The molecule has 10 heteroatoms. The van der Waals surface area contributed by atoms with Gasteiger partial charge in [0.15, 0.2) is 0 Å². The minimum absolute atomic E-state index is 0.00164. The van der Waals surface area contributed by atoms with Crippen molar-refractivity contribution in [2.45, 2.75) is 44.2 Å². The Morgan fingerprint density at radius 3 is 2.61 bits per heavy atom. The third kappa shape index (κ3) is 7.98. The molecule has 5 rings (SSSR count). The summed E-state index contributed by atoms with van der Waals surface area (Å²) in [6.07, 6.45) is 12.3. The van der Waals surface area contributed by atoms with Gasteiger partial charge in [-0.25, -0.2) is 15.0 Å². The van der Waals surface area contributed by atoms with Crippen LogP contribution in [0.25, 0.3) is 22.3 Å². The summed E-state index contributed by atoms with van der Waals surface area (Å²) in [6.45, 7) is 0.733. The van der Waals surface area contributed by atoms with Crippen LogP contribution >= 0.6 is 0 Å². The average Bonchev–Trinajstić information content (AvgIpc) is 3.42. The highest BCUT2D eigenvalue weighted by Crippen LogP contribution is 2.24. The Labute approximate surface area is 239 Å². The fourth-order valence-electron chi connectivity index (χ4n) is 5.04. The van der Waals surface area contributed by atoms with Gasteiger partial charge in [-0.05, 0) is 69.6 Å². The molecule has 0 bridgehead atoms. The Morgan fingerprint density at radius 1 is 1.00 bits per heavy atom. The van der Waals surface area contributed by atoms with Crippen molar-refractivity contribution >= 4 is 34.4 Å². The van der Waals surface area contributed by atoms with Gasteiger partial charge in [0.05, 0.1) is 12.1 Å². The molecular formula is C31H36N8O2. The van der Waals surface area contributed by atoms with Crippen molar-refractivity contribution in [2.75, 3.05) is 26.0 Å². The number of likely N-dealkylation sites (N-methyl/N-ethyl adjacent to an activating group) is 1. The van der Waals surface area contributed by atoms with E-state index in [2.05, 4.69) is 35.9 Å². The number of rotatable bonds is 10. The standard InChI is InChI=1S/C31H36N8O2/c1-39(2)14-4-7-29(40)37-24-8-10-25(11-9-24)38-30(41)16-21-5-3-6-26(15-21)36-28-18-27(34-20-35-28)23-17-22-12-13-32-31(22)33-19-23/h3-7,12-13,15,17-20,24-25H,8-11,14,16H2,1-2H3,(H,32,33)(H,37,40)(H,38,41)(H,34,35,36)/b7-4+. The maximum atomic E-state index is 12.8. The molecule has 0 aliphatic heterocycles. The van der Waals surface area contributed by atoms with E-state index in [1.165, 1.54) is 6.33 Å². The van der Waals surface area contributed by atoms with Crippen molar-refractivity contribution in [3.8, 4) is 11.3 Å². The Bertz CT molecular complexity index is 1520. The zero-order valence-corrected chi connectivity index (χ0v) is 23.4. The summed E-state index contributed by atoms with van der Waals surface area (Å²) in [6, 6.07) is 14.0. The van der Waals surface area contributed by atoms with Crippen molar-refractivity contribution in [3.63, 3.8) is 0 Å². The molecule has 4 aromatic rings. The van der Waals surface area contributed by atoms with Crippen molar-refractivity contribution < 1.29 is 9.59 Å². The monoisotopic (exact) mass is 552 g/mol. The summed E-state index contributed by atoms with van der Waals surface area (Å²) in [7, 11) is 3.93. The summed E-state index contributed by atoms with van der Waals surface area (Å²) >= 11 is 0. The van der Waals surface area contributed by atoms with E-state index in [0.29, 0.717) is 12.2 Å². The van der Waals surface area contributed by atoms with Crippen LogP contribution in [0.1, 0.15) is 31.2 Å². The second-order valence-corrected chi connectivity index (χ2v) is 10.7. The molecule has 1 saturated carbocycles. The SMILES string of the molecule is CN(C)C/C=C/C(=O)NC1CCC(NC(=O)Cc2cccc(Nc3cc(-c4cnc5[nH]ccc5c4)ncn3)c2)CC1. The van der Waals surface area contributed by atoms with Gasteiger partial charge >= 0.3 is 0 Å². The van der Waals surface area contributed by atoms with Gasteiger partial charge in [-0.1, -0.05) is 18.2 Å². The lowest BCUT2D eigenvalue weighted by Crippen LogP contribution is -2.43. The molecule has 0 saturated heterocycles. The van der Waals surface area contributed by atoms with Crippen LogP contribution in [-0.2, 0) is 16.0 Å². The minimum Gasteiger partial charge on any atom is -0.353 e. The number of aromatic nitrogens is 4. The number of amides is 2. The molecule has 0 unspecified atom stereocenters. The number of benzene rings is 1. The third-order valence-electron chi connectivity index (χ3n) is 7.11. The number of carbonyl (C=O) groups excluding carboxylic acids is 2. The lowest BCUT2D eigenvalue weighted by atomic mass is 9.91. The van der Waals surface area contributed by atoms with Crippen LogP contribution < -0.4 is 16.0 Å². The molecule has 10 nitrogen and oxygen atoms in total. The summed E-state index contributed by atoms with van der Waals surface area (Å²) in [5.74, 6) is 0.599. The quantitative estimate of drug-likeness (QED) is 0.219. The van der Waals surface area contributed by atoms with Crippen molar-refractivity contribution in [1.29, 1.82) is 0 Å². The lowest BCUT2D eigenvalue weighted by Gasteiger charge is -2.29. The Balaban J connectivity index is 1.11. The van der Waals surface area contributed by atoms with Crippen molar-refractivity contribution in [1.82, 2.24) is 35.5 Å². The highest BCUT2D eigenvalue weighted by Gasteiger charge is 2.23. The van der Waals surface area contributed by atoms with E-state index in [1.54, 1.807) is 12.3 Å². The van der Waals surface area contributed by atoms with Crippen molar-refractivity contribution in [3.05, 3.63) is 78.9 Å². The van der Waals surface area contributed by atoms with E-state index >= 15 is 0 Å². The predicted octanol–water partition coefficient (Wildman–Crippen LogP) is 3.97. The van der Waals surface area contributed by atoms with Gasteiger partial charge in [0.25, 0.3) is 0 Å². The van der Waals surface area contributed by atoms with Crippen LogP contribution in [0.15, 0.2) is 73.3 Å². The maximum Gasteiger partial charge on any atom is 0.243 e. The fourth-order valence-corrected chi connectivity index (χ4v) is 5.04. The fraction of sp³-hybridized carbons (Fsp3) is 0.323. The molecule has 0 radical (unpaired) electrons. The van der Waals surface area contributed by atoms with Crippen LogP contribution in [0.5, 0.6) is 0 Å². The number of hydrogen-bond acceptors (Lipinski definition) is 7. The molecule has 2 amide bonds. The number of carbonyl (C=O) groups is 2. The first-order chi connectivity index (χ1) is 19.9. The second kappa shape index (κ2) is 13.2. The Kier molecular flexibility index (Phi) is 9.00. The van der Waals surface area contributed by atoms with Crippen LogP contribution in [0.3, 0.4) is 0 Å². The first-order valence-electron chi connectivity index (χ1n) is 13.9. The molecule has 0 spiro atoms. The average molecular weight is 553 g/mol. The van der Waals surface area contributed by atoms with Crippen LogP contribution in [0.4, 0.5) is 11.5 Å². The predicted molar refractivity (Wildman–Crippen MR) is 161 cm³/mol. The third-order valence-corrected chi connectivity index (χ3v) is 7.11. The normalized spacial score (nSPS) is 17.1. The number of pyridine rings is 1. The Hall–Kier alpha value is -4.57. The van der Waals surface area contributed by atoms with Gasteiger partial charge in [0.2, 0.25) is 11.8 Å². The lowest BCUT2D eigenvalue weighted by molar-refractivity contribution is -0.121. The summed E-state index contributed by atoms with van der Waals surface area (Å²) in [4.78, 5) is 43.3. The van der Waals surface area contributed by atoms with Gasteiger partial charge < -0.3 is 25.8 Å². The highest BCUT2D eigenvalue weighted by molar-refractivity contribution is 5.87. The molecule has 41 heavy (non-hydrogen) atoms. The molecule has 1 aliphatic rings. The number of nitrogens with one attached hydrogen (secondary N) is 4. The smallest absolute Gasteiger partial charge is 0.243 e. The number of hydrogen-bond donors (Lipinski definition) is 4. The molecule has 212 valence electrons. The van der Waals surface area contributed by atoms with Gasteiger partial charge in [-0.15, -0.1) is 0 Å². The zero-order valence-electron chi connectivity index (χ0n) is 23.4. The van der Waals surface area contributed by atoms with E-state index in [-0.39, 0.29) is 23.9 Å². The number of aromatic amines is 1. The number of anilines is 2. The van der Waals surface area contributed by atoms with E-state index < -0.39 is 0 Å². The van der Waals surface area contributed by atoms with Crippen LogP contribution in [0, 0.1) is 0 Å².